The van der Waals surface area contributed by atoms with Crippen LogP contribution in [0, 0.1) is 0 Å². The van der Waals surface area contributed by atoms with Gasteiger partial charge >= 0.3 is 5.97 Å². The zero-order valence-corrected chi connectivity index (χ0v) is 11.8. The van der Waals surface area contributed by atoms with Gasteiger partial charge in [0.1, 0.15) is 6.54 Å². The van der Waals surface area contributed by atoms with E-state index < -0.39 is 5.97 Å². The van der Waals surface area contributed by atoms with Crippen molar-refractivity contribution in [2.45, 2.75) is 0 Å². The summed E-state index contributed by atoms with van der Waals surface area (Å²) >= 11 is 3.40. The van der Waals surface area contributed by atoms with Crippen LogP contribution in [0.4, 0.5) is 5.82 Å². The highest BCUT2D eigenvalue weighted by molar-refractivity contribution is 9.10. The molecule has 0 spiro atoms. The molecule has 0 aliphatic carbocycles. The van der Waals surface area contributed by atoms with Gasteiger partial charge in [-0.3, -0.25) is 4.79 Å². The lowest BCUT2D eigenvalue weighted by molar-refractivity contribution is -0.135. The summed E-state index contributed by atoms with van der Waals surface area (Å²) < 4.78 is 0.971. The molecule has 98 valence electrons. The Morgan fingerprint density at radius 1 is 1.32 bits per heavy atom. The number of carbonyl (C=O) groups is 1. The van der Waals surface area contributed by atoms with Crippen LogP contribution in [0.5, 0.6) is 0 Å². The fourth-order valence-electron chi connectivity index (χ4n) is 1.61. The van der Waals surface area contributed by atoms with Crippen LogP contribution in [-0.4, -0.2) is 34.9 Å². The van der Waals surface area contributed by atoms with Gasteiger partial charge in [-0.25, -0.2) is 0 Å². The first-order chi connectivity index (χ1) is 9.06. The Hall–Kier alpha value is -1.95. The van der Waals surface area contributed by atoms with Crippen LogP contribution in [0.2, 0.25) is 0 Å². The van der Waals surface area contributed by atoms with Crippen molar-refractivity contribution in [3.8, 4) is 11.3 Å². The largest absolute Gasteiger partial charge is 0.480 e. The highest BCUT2D eigenvalue weighted by atomic mass is 79.9. The monoisotopic (exact) mass is 321 g/mol. The zero-order valence-electron chi connectivity index (χ0n) is 10.2. The number of carboxylic acid groups (broad SMARTS) is 1. The van der Waals surface area contributed by atoms with E-state index in [0.717, 1.165) is 15.7 Å². The van der Waals surface area contributed by atoms with Gasteiger partial charge < -0.3 is 10.0 Å². The molecule has 0 atom stereocenters. The first-order valence-corrected chi connectivity index (χ1v) is 6.38. The lowest BCUT2D eigenvalue weighted by Crippen LogP contribution is -2.26. The average molecular weight is 322 g/mol. The Kier molecular flexibility index (Phi) is 4.11. The normalized spacial score (nSPS) is 10.2. The molecule has 0 amide bonds. The van der Waals surface area contributed by atoms with Crippen molar-refractivity contribution in [1.82, 2.24) is 10.2 Å². The van der Waals surface area contributed by atoms with Crippen molar-refractivity contribution in [3.63, 3.8) is 0 Å². The first kappa shape index (κ1) is 13.5. The lowest BCUT2D eigenvalue weighted by atomic mass is 10.1. The Balaban J connectivity index is 2.21. The van der Waals surface area contributed by atoms with Gasteiger partial charge in [0.2, 0.25) is 0 Å². The van der Waals surface area contributed by atoms with E-state index in [-0.39, 0.29) is 6.54 Å². The van der Waals surface area contributed by atoms with Crippen molar-refractivity contribution in [2.75, 3.05) is 18.5 Å². The van der Waals surface area contributed by atoms with E-state index in [0.29, 0.717) is 5.82 Å². The van der Waals surface area contributed by atoms with E-state index in [9.17, 15) is 4.79 Å². The summed E-state index contributed by atoms with van der Waals surface area (Å²) in [7, 11) is 1.66. The molecule has 0 radical (unpaired) electrons. The molecule has 2 rings (SSSR count). The number of hydrogen-bond acceptors (Lipinski definition) is 4. The summed E-state index contributed by atoms with van der Waals surface area (Å²) in [6.07, 6.45) is 0. The van der Waals surface area contributed by atoms with E-state index in [4.69, 9.17) is 5.11 Å². The predicted octanol–water partition coefficient (Wildman–Crippen LogP) is 2.43. The molecular formula is C13H12BrN3O2. The molecule has 1 heterocycles. The number of hydrogen-bond donors (Lipinski definition) is 1. The third-order valence-corrected chi connectivity index (χ3v) is 3.03. The fourth-order valence-corrected chi connectivity index (χ4v) is 2.01. The van der Waals surface area contributed by atoms with E-state index in [1.807, 2.05) is 30.3 Å². The van der Waals surface area contributed by atoms with Gasteiger partial charge in [0.05, 0.1) is 5.69 Å². The summed E-state index contributed by atoms with van der Waals surface area (Å²) in [5.41, 5.74) is 1.70. The second-order valence-corrected chi connectivity index (χ2v) is 4.95. The SMILES string of the molecule is CN(CC(=O)O)c1ccc(-c2cccc(Br)c2)nn1. The molecule has 2 aromatic rings. The summed E-state index contributed by atoms with van der Waals surface area (Å²) in [6.45, 7) is -0.106. The maximum Gasteiger partial charge on any atom is 0.323 e. The number of rotatable bonds is 4. The van der Waals surface area contributed by atoms with Crippen LogP contribution < -0.4 is 4.90 Å². The number of aliphatic carboxylic acids is 1. The second kappa shape index (κ2) is 5.79. The number of benzene rings is 1. The topological polar surface area (TPSA) is 66.3 Å². The molecule has 5 nitrogen and oxygen atoms in total. The fraction of sp³-hybridized carbons (Fsp3) is 0.154. The first-order valence-electron chi connectivity index (χ1n) is 5.59. The van der Waals surface area contributed by atoms with Crippen molar-refractivity contribution in [3.05, 3.63) is 40.9 Å². The van der Waals surface area contributed by atoms with Crippen LogP contribution in [0.1, 0.15) is 0 Å². The minimum atomic E-state index is -0.902. The van der Waals surface area contributed by atoms with E-state index in [1.54, 1.807) is 13.1 Å². The van der Waals surface area contributed by atoms with Crippen LogP contribution in [0.3, 0.4) is 0 Å². The van der Waals surface area contributed by atoms with Crippen LogP contribution >= 0.6 is 15.9 Å². The van der Waals surface area contributed by atoms with Gasteiger partial charge in [-0.15, -0.1) is 10.2 Å². The molecule has 1 aromatic heterocycles. The van der Waals surface area contributed by atoms with Gasteiger partial charge in [0.25, 0.3) is 0 Å². The molecule has 19 heavy (non-hydrogen) atoms. The van der Waals surface area contributed by atoms with Crippen LogP contribution in [0.25, 0.3) is 11.3 Å². The quantitative estimate of drug-likeness (QED) is 0.936. The van der Waals surface area contributed by atoms with Gasteiger partial charge in [-0.1, -0.05) is 28.1 Å². The summed E-state index contributed by atoms with van der Waals surface area (Å²) in [4.78, 5) is 12.1. The molecule has 0 aliphatic rings. The molecule has 0 saturated heterocycles. The molecular weight excluding hydrogens is 310 g/mol. The Morgan fingerprint density at radius 3 is 2.68 bits per heavy atom. The number of aromatic nitrogens is 2. The number of anilines is 1. The molecule has 6 heteroatoms. The zero-order chi connectivity index (χ0) is 13.8. The Bertz CT molecular complexity index is 587. The number of nitrogens with zero attached hydrogens (tertiary/aromatic N) is 3. The third kappa shape index (κ3) is 3.51. The predicted molar refractivity (Wildman–Crippen MR) is 76.1 cm³/mol. The Morgan fingerprint density at radius 2 is 2.11 bits per heavy atom. The second-order valence-electron chi connectivity index (χ2n) is 4.04. The van der Waals surface area contributed by atoms with E-state index >= 15 is 0 Å². The van der Waals surface area contributed by atoms with Crippen molar-refractivity contribution in [1.29, 1.82) is 0 Å². The third-order valence-electron chi connectivity index (χ3n) is 2.53. The van der Waals surface area contributed by atoms with Crippen molar-refractivity contribution in [2.24, 2.45) is 0 Å². The molecule has 1 aromatic carbocycles. The van der Waals surface area contributed by atoms with Gasteiger partial charge in [0, 0.05) is 17.1 Å². The van der Waals surface area contributed by atoms with Crippen LogP contribution in [0.15, 0.2) is 40.9 Å². The molecule has 0 fully saturated rings. The van der Waals surface area contributed by atoms with Gasteiger partial charge in [-0.05, 0) is 24.3 Å². The average Bonchev–Trinajstić information content (AvgIpc) is 2.38. The smallest absolute Gasteiger partial charge is 0.323 e. The summed E-state index contributed by atoms with van der Waals surface area (Å²) in [5, 5.41) is 16.9. The molecule has 0 saturated carbocycles. The number of likely N-dealkylation sites (N-methyl/N-ethyl adjacent to an activating group) is 1. The molecule has 0 aliphatic heterocycles. The minimum Gasteiger partial charge on any atom is -0.480 e. The maximum absolute atomic E-state index is 10.6. The number of halogens is 1. The van der Waals surface area contributed by atoms with Crippen molar-refractivity contribution >= 4 is 27.7 Å². The minimum absolute atomic E-state index is 0.106. The van der Waals surface area contributed by atoms with Crippen LogP contribution in [-0.2, 0) is 4.79 Å². The van der Waals surface area contributed by atoms with Gasteiger partial charge in [0.15, 0.2) is 5.82 Å². The lowest BCUT2D eigenvalue weighted by Gasteiger charge is -2.14. The van der Waals surface area contributed by atoms with Crippen molar-refractivity contribution < 1.29 is 9.90 Å². The Labute approximate surface area is 119 Å². The standard InChI is InChI=1S/C13H12BrN3O2/c1-17(8-13(18)19)12-6-5-11(15-16-12)9-3-2-4-10(14)7-9/h2-7H,8H2,1H3,(H,18,19). The summed E-state index contributed by atoms with van der Waals surface area (Å²) in [6, 6.07) is 11.3. The van der Waals surface area contributed by atoms with E-state index in [1.165, 1.54) is 4.90 Å². The van der Waals surface area contributed by atoms with Gasteiger partial charge in [-0.2, -0.15) is 0 Å². The molecule has 0 bridgehead atoms. The summed E-state index contributed by atoms with van der Waals surface area (Å²) in [5.74, 6) is -0.374. The highest BCUT2D eigenvalue weighted by Crippen LogP contribution is 2.21. The molecule has 0 unspecified atom stereocenters. The maximum atomic E-state index is 10.6. The number of carboxylic acids is 1. The van der Waals surface area contributed by atoms with E-state index in [2.05, 4.69) is 26.1 Å². The highest BCUT2D eigenvalue weighted by Gasteiger charge is 2.08. The molecule has 1 N–H and O–H groups in total.